The van der Waals surface area contributed by atoms with E-state index in [2.05, 4.69) is 4.90 Å². The van der Waals surface area contributed by atoms with E-state index in [4.69, 9.17) is 4.74 Å². The smallest absolute Gasteiger partial charge is 0.214 e. The number of para-hydroxylation sites is 2. The molecule has 0 amide bonds. The zero-order valence-electron chi connectivity index (χ0n) is 16.0. The van der Waals surface area contributed by atoms with Gasteiger partial charge in [-0.05, 0) is 38.0 Å². The second-order valence-electron chi connectivity index (χ2n) is 7.07. The first-order valence-electron chi connectivity index (χ1n) is 9.48. The number of ether oxygens (including phenoxy) is 1. The molecule has 146 valence electrons. The van der Waals surface area contributed by atoms with Crippen molar-refractivity contribution in [2.24, 2.45) is 0 Å². The molecule has 1 saturated heterocycles. The zero-order chi connectivity index (χ0) is 19.3. The topological polar surface area (TPSA) is 49.9 Å². The fraction of sp³-hybridized carbons (Fsp3) is 0.429. The summed E-state index contributed by atoms with van der Waals surface area (Å²) in [6, 6.07) is 17.7. The van der Waals surface area contributed by atoms with E-state index in [1.54, 1.807) is 4.31 Å². The van der Waals surface area contributed by atoms with Gasteiger partial charge >= 0.3 is 0 Å². The summed E-state index contributed by atoms with van der Waals surface area (Å²) in [6.45, 7) is 6.37. The van der Waals surface area contributed by atoms with E-state index in [1.807, 2.05) is 68.4 Å². The third kappa shape index (κ3) is 5.23. The Hall–Kier alpha value is -2.05. The lowest BCUT2D eigenvalue weighted by atomic mass is 10.2. The molecular formula is C21H28N2O3S. The molecule has 2 aromatic carbocycles. The van der Waals surface area contributed by atoms with Gasteiger partial charge in [-0.25, -0.2) is 8.42 Å². The molecule has 6 heteroatoms. The van der Waals surface area contributed by atoms with Crippen LogP contribution in [0.5, 0.6) is 5.75 Å². The van der Waals surface area contributed by atoms with Gasteiger partial charge in [-0.3, -0.25) is 0 Å². The Balaban J connectivity index is 1.60. The molecule has 0 aromatic heterocycles. The number of sulfonamides is 1. The van der Waals surface area contributed by atoms with Gasteiger partial charge in [0.05, 0.1) is 17.5 Å². The van der Waals surface area contributed by atoms with Crippen LogP contribution in [0.4, 0.5) is 5.69 Å². The van der Waals surface area contributed by atoms with Crippen LogP contribution in [-0.4, -0.2) is 50.8 Å². The van der Waals surface area contributed by atoms with Gasteiger partial charge in [0.15, 0.2) is 0 Å². The van der Waals surface area contributed by atoms with Gasteiger partial charge in [-0.2, -0.15) is 4.31 Å². The fourth-order valence-electron chi connectivity index (χ4n) is 3.30. The van der Waals surface area contributed by atoms with Gasteiger partial charge in [0.25, 0.3) is 0 Å². The molecule has 5 nitrogen and oxygen atoms in total. The summed E-state index contributed by atoms with van der Waals surface area (Å²) in [5.74, 6) is 1.01. The standard InChI is InChI=1S/C21H28N2O3S/c1-18(2)26-21-11-7-6-10-20(21)22-13-15-23(16-14-22)27(24,25)17-12-19-8-4-3-5-9-19/h3-11,18H,12-17H2,1-2H3. The van der Waals surface area contributed by atoms with Crippen LogP contribution in [0.1, 0.15) is 19.4 Å². The van der Waals surface area contributed by atoms with Gasteiger partial charge < -0.3 is 9.64 Å². The molecule has 0 N–H and O–H groups in total. The van der Waals surface area contributed by atoms with Crippen LogP contribution < -0.4 is 9.64 Å². The van der Waals surface area contributed by atoms with E-state index in [0.29, 0.717) is 32.6 Å². The summed E-state index contributed by atoms with van der Waals surface area (Å²) in [5.41, 5.74) is 2.09. The molecule has 2 aromatic rings. The molecule has 0 radical (unpaired) electrons. The number of hydrogen-bond donors (Lipinski definition) is 0. The average molecular weight is 389 g/mol. The normalized spacial score (nSPS) is 15.9. The summed E-state index contributed by atoms with van der Waals surface area (Å²) in [5, 5.41) is 0. The van der Waals surface area contributed by atoms with Crippen molar-refractivity contribution in [1.29, 1.82) is 0 Å². The second kappa shape index (κ2) is 8.76. The first-order chi connectivity index (χ1) is 13.0. The Morgan fingerprint density at radius 3 is 2.22 bits per heavy atom. The Labute approximate surface area is 162 Å². The number of aryl methyl sites for hydroxylation is 1. The average Bonchev–Trinajstić information content (AvgIpc) is 2.67. The van der Waals surface area contributed by atoms with E-state index in [-0.39, 0.29) is 11.9 Å². The maximum absolute atomic E-state index is 12.7. The van der Waals surface area contributed by atoms with E-state index in [0.717, 1.165) is 17.0 Å². The lowest BCUT2D eigenvalue weighted by Gasteiger charge is -2.36. The molecule has 1 aliphatic heterocycles. The number of benzene rings is 2. The lowest BCUT2D eigenvalue weighted by molar-refractivity contribution is 0.242. The quantitative estimate of drug-likeness (QED) is 0.731. The Morgan fingerprint density at radius 2 is 1.56 bits per heavy atom. The largest absolute Gasteiger partial charge is 0.489 e. The lowest BCUT2D eigenvalue weighted by Crippen LogP contribution is -2.49. The highest BCUT2D eigenvalue weighted by atomic mass is 32.2. The van der Waals surface area contributed by atoms with Gasteiger partial charge in [0, 0.05) is 26.2 Å². The highest BCUT2D eigenvalue weighted by Gasteiger charge is 2.27. The van der Waals surface area contributed by atoms with E-state index in [9.17, 15) is 8.42 Å². The van der Waals surface area contributed by atoms with Crippen molar-refractivity contribution < 1.29 is 13.2 Å². The van der Waals surface area contributed by atoms with Crippen LogP contribution in [0.3, 0.4) is 0 Å². The van der Waals surface area contributed by atoms with Crippen LogP contribution in [-0.2, 0) is 16.4 Å². The first kappa shape index (κ1) is 19.7. The van der Waals surface area contributed by atoms with Gasteiger partial charge in [-0.15, -0.1) is 0 Å². The molecule has 27 heavy (non-hydrogen) atoms. The highest BCUT2D eigenvalue weighted by Crippen LogP contribution is 2.30. The highest BCUT2D eigenvalue weighted by molar-refractivity contribution is 7.89. The molecule has 3 rings (SSSR count). The number of nitrogens with zero attached hydrogens (tertiary/aromatic N) is 2. The minimum absolute atomic E-state index is 0.103. The molecule has 1 heterocycles. The number of piperazine rings is 1. The molecule has 0 unspecified atom stereocenters. The third-order valence-corrected chi connectivity index (χ3v) is 6.56. The van der Waals surface area contributed by atoms with Crippen LogP contribution in [0.25, 0.3) is 0 Å². The predicted molar refractivity (Wildman–Crippen MR) is 110 cm³/mol. The SMILES string of the molecule is CC(C)Oc1ccccc1N1CCN(S(=O)(=O)CCc2ccccc2)CC1. The molecule has 0 spiro atoms. The number of hydrogen-bond acceptors (Lipinski definition) is 4. The summed E-state index contributed by atoms with van der Waals surface area (Å²) in [7, 11) is -3.24. The second-order valence-corrected chi connectivity index (χ2v) is 9.16. The molecular weight excluding hydrogens is 360 g/mol. The van der Waals surface area contributed by atoms with Crippen LogP contribution in [0, 0.1) is 0 Å². The van der Waals surface area contributed by atoms with E-state index < -0.39 is 10.0 Å². The van der Waals surface area contributed by atoms with Crippen LogP contribution in [0.15, 0.2) is 54.6 Å². The number of anilines is 1. The van der Waals surface area contributed by atoms with Crippen LogP contribution in [0.2, 0.25) is 0 Å². The Morgan fingerprint density at radius 1 is 0.926 bits per heavy atom. The van der Waals surface area contributed by atoms with Crippen molar-refractivity contribution in [3.8, 4) is 5.75 Å². The summed E-state index contributed by atoms with van der Waals surface area (Å²) >= 11 is 0. The van der Waals surface area contributed by atoms with Gasteiger partial charge in [0.2, 0.25) is 10.0 Å². The Kier molecular flexibility index (Phi) is 6.39. The van der Waals surface area contributed by atoms with Gasteiger partial charge in [-0.1, -0.05) is 42.5 Å². The molecule has 1 fully saturated rings. The van der Waals surface area contributed by atoms with Crippen molar-refractivity contribution in [3.05, 3.63) is 60.2 Å². The maximum Gasteiger partial charge on any atom is 0.214 e. The van der Waals surface area contributed by atoms with Crippen molar-refractivity contribution in [2.45, 2.75) is 26.4 Å². The summed E-state index contributed by atoms with van der Waals surface area (Å²) in [6.07, 6.45) is 0.653. The van der Waals surface area contributed by atoms with Crippen LogP contribution >= 0.6 is 0 Å². The summed E-state index contributed by atoms with van der Waals surface area (Å²) < 4.78 is 32.9. The van der Waals surface area contributed by atoms with Crippen molar-refractivity contribution in [3.63, 3.8) is 0 Å². The van der Waals surface area contributed by atoms with E-state index >= 15 is 0 Å². The fourth-order valence-corrected chi connectivity index (χ4v) is 4.77. The minimum atomic E-state index is -3.24. The molecule has 0 saturated carbocycles. The molecule has 0 bridgehead atoms. The van der Waals surface area contributed by atoms with Crippen molar-refractivity contribution in [1.82, 2.24) is 4.31 Å². The molecule has 0 atom stereocenters. The monoisotopic (exact) mass is 388 g/mol. The maximum atomic E-state index is 12.7. The molecule has 0 aliphatic carbocycles. The third-order valence-electron chi connectivity index (χ3n) is 4.69. The Bertz CT molecular complexity index is 830. The summed E-state index contributed by atoms with van der Waals surface area (Å²) in [4.78, 5) is 2.21. The number of rotatable bonds is 7. The predicted octanol–water partition coefficient (Wildman–Crippen LogP) is 3.17. The minimum Gasteiger partial charge on any atom is -0.489 e. The first-order valence-corrected chi connectivity index (χ1v) is 11.1. The molecule has 1 aliphatic rings. The zero-order valence-corrected chi connectivity index (χ0v) is 16.9. The van der Waals surface area contributed by atoms with Crippen molar-refractivity contribution >= 4 is 15.7 Å². The van der Waals surface area contributed by atoms with Gasteiger partial charge in [0.1, 0.15) is 5.75 Å². The van der Waals surface area contributed by atoms with E-state index in [1.165, 1.54) is 0 Å². The van der Waals surface area contributed by atoms with Crippen molar-refractivity contribution in [2.75, 3.05) is 36.8 Å².